The highest BCUT2D eigenvalue weighted by atomic mass is 16.3. The Morgan fingerprint density at radius 1 is 1.75 bits per heavy atom. The monoisotopic (exact) mass is 118 g/mol. The fourth-order valence-corrected chi connectivity index (χ4v) is 0.206. The molecule has 0 saturated heterocycles. The molecule has 1 amide bonds. The molecule has 0 heterocycles. The third-order valence-corrected chi connectivity index (χ3v) is 0.457. The molecule has 48 valence electrons. The Morgan fingerprint density at radius 2 is 2.25 bits per heavy atom. The Balaban J connectivity index is 3.05. The summed E-state index contributed by atoms with van der Waals surface area (Å²) >= 11 is 0. The third kappa shape index (κ3) is 5.39. The van der Waals surface area contributed by atoms with E-state index in [1.54, 1.807) is 0 Å². The SMILES string of the molecule is CC(=O)NNC(C)O. The first-order chi connectivity index (χ1) is 3.63. The van der Waals surface area contributed by atoms with Crippen molar-refractivity contribution in [1.29, 1.82) is 0 Å². The van der Waals surface area contributed by atoms with E-state index in [4.69, 9.17) is 5.11 Å². The van der Waals surface area contributed by atoms with Crippen molar-refractivity contribution in [3.63, 3.8) is 0 Å². The van der Waals surface area contributed by atoms with Crippen LogP contribution in [0.15, 0.2) is 0 Å². The van der Waals surface area contributed by atoms with Crippen molar-refractivity contribution in [1.82, 2.24) is 10.9 Å². The fourth-order valence-electron chi connectivity index (χ4n) is 0.206. The number of aliphatic hydroxyl groups excluding tert-OH is 1. The van der Waals surface area contributed by atoms with Crippen LogP contribution in [0.4, 0.5) is 0 Å². The molecule has 0 fully saturated rings. The van der Waals surface area contributed by atoms with Gasteiger partial charge in [0, 0.05) is 6.92 Å². The van der Waals surface area contributed by atoms with Crippen LogP contribution in [0.5, 0.6) is 0 Å². The Hall–Kier alpha value is -0.610. The lowest BCUT2D eigenvalue weighted by Gasteiger charge is -2.05. The maximum atomic E-state index is 10.1. The molecule has 0 rings (SSSR count). The first-order valence-corrected chi connectivity index (χ1v) is 2.33. The van der Waals surface area contributed by atoms with Gasteiger partial charge in [0.2, 0.25) is 5.91 Å². The smallest absolute Gasteiger partial charge is 0.231 e. The summed E-state index contributed by atoms with van der Waals surface area (Å²) in [5.74, 6) is -0.217. The predicted octanol–water partition coefficient (Wildman–Crippen LogP) is -1.03. The molecular formula is C4H10N2O2. The number of hydrazine groups is 1. The topological polar surface area (TPSA) is 61.4 Å². The average Bonchev–Trinajstić information content (AvgIpc) is 1.61. The van der Waals surface area contributed by atoms with Gasteiger partial charge in [-0.1, -0.05) is 0 Å². The molecule has 0 aliphatic carbocycles. The number of amides is 1. The lowest BCUT2D eigenvalue weighted by atomic mass is 10.7. The molecule has 4 nitrogen and oxygen atoms in total. The molecule has 0 aliphatic heterocycles. The second kappa shape index (κ2) is 3.40. The van der Waals surface area contributed by atoms with Crippen molar-refractivity contribution >= 4 is 5.91 Å². The number of carbonyl (C=O) groups is 1. The molecule has 1 atom stereocenters. The number of rotatable bonds is 2. The number of aliphatic hydroxyl groups is 1. The minimum atomic E-state index is -0.695. The molecule has 0 aliphatic rings. The van der Waals surface area contributed by atoms with E-state index in [0.29, 0.717) is 0 Å². The van der Waals surface area contributed by atoms with Crippen molar-refractivity contribution < 1.29 is 9.90 Å². The number of nitrogens with one attached hydrogen (secondary N) is 2. The molecule has 8 heavy (non-hydrogen) atoms. The average molecular weight is 118 g/mol. The van der Waals surface area contributed by atoms with Crippen LogP contribution in [0.25, 0.3) is 0 Å². The normalized spacial score (nSPS) is 12.9. The van der Waals surface area contributed by atoms with E-state index in [1.165, 1.54) is 13.8 Å². The van der Waals surface area contributed by atoms with Crippen LogP contribution < -0.4 is 10.9 Å². The quantitative estimate of drug-likeness (QED) is 0.321. The molecule has 4 heteroatoms. The zero-order chi connectivity index (χ0) is 6.57. The van der Waals surface area contributed by atoms with Crippen molar-refractivity contribution in [3.8, 4) is 0 Å². The summed E-state index contributed by atoms with van der Waals surface area (Å²) in [6.45, 7) is 2.87. The minimum Gasteiger partial charge on any atom is -0.377 e. The lowest BCUT2D eigenvalue weighted by molar-refractivity contribution is -0.120. The maximum absolute atomic E-state index is 10.1. The highest BCUT2D eigenvalue weighted by molar-refractivity contribution is 5.72. The molecule has 0 aromatic carbocycles. The summed E-state index contributed by atoms with van der Waals surface area (Å²) in [6, 6.07) is 0. The summed E-state index contributed by atoms with van der Waals surface area (Å²) in [6.07, 6.45) is -0.695. The van der Waals surface area contributed by atoms with Gasteiger partial charge in [0.25, 0.3) is 0 Å². The maximum Gasteiger partial charge on any atom is 0.231 e. The molecule has 0 bridgehead atoms. The van der Waals surface area contributed by atoms with E-state index < -0.39 is 6.23 Å². The van der Waals surface area contributed by atoms with Crippen molar-refractivity contribution in [2.75, 3.05) is 0 Å². The van der Waals surface area contributed by atoms with Crippen LogP contribution in [-0.4, -0.2) is 17.2 Å². The van der Waals surface area contributed by atoms with Crippen molar-refractivity contribution in [2.45, 2.75) is 20.1 Å². The molecule has 0 radical (unpaired) electrons. The second-order valence-electron chi connectivity index (χ2n) is 1.50. The van der Waals surface area contributed by atoms with Gasteiger partial charge in [-0.05, 0) is 6.92 Å². The van der Waals surface area contributed by atoms with Gasteiger partial charge in [0.15, 0.2) is 0 Å². The fraction of sp³-hybridized carbons (Fsp3) is 0.750. The van der Waals surface area contributed by atoms with Crippen LogP contribution in [0.1, 0.15) is 13.8 Å². The zero-order valence-electron chi connectivity index (χ0n) is 4.93. The molecule has 0 saturated carbocycles. The van der Waals surface area contributed by atoms with Gasteiger partial charge in [-0.25, -0.2) is 5.43 Å². The van der Waals surface area contributed by atoms with E-state index in [1.807, 2.05) is 0 Å². The largest absolute Gasteiger partial charge is 0.377 e. The Bertz CT molecular complexity index is 82.1. The first kappa shape index (κ1) is 7.39. The van der Waals surface area contributed by atoms with Gasteiger partial charge >= 0.3 is 0 Å². The van der Waals surface area contributed by atoms with Crippen LogP contribution in [-0.2, 0) is 4.79 Å². The second-order valence-corrected chi connectivity index (χ2v) is 1.50. The van der Waals surface area contributed by atoms with Crippen LogP contribution >= 0.6 is 0 Å². The third-order valence-electron chi connectivity index (χ3n) is 0.457. The summed E-state index contributed by atoms with van der Waals surface area (Å²) in [7, 11) is 0. The molecular weight excluding hydrogens is 108 g/mol. The standard InChI is InChI=1S/C4H10N2O2/c1-3(7)5-6-4(2)8/h3,5,7H,1-2H3,(H,6,8). The summed E-state index contributed by atoms with van der Waals surface area (Å²) < 4.78 is 0. The van der Waals surface area contributed by atoms with Crippen molar-refractivity contribution in [2.24, 2.45) is 0 Å². The molecule has 3 N–H and O–H groups in total. The van der Waals surface area contributed by atoms with E-state index in [0.717, 1.165) is 0 Å². The number of carbonyl (C=O) groups excluding carboxylic acids is 1. The van der Waals surface area contributed by atoms with Crippen molar-refractivity contribution in [3.05, 3.63) is 0 Å². The van der Waals surface area contributed by atoms with Gasteiger partial charge in [-0.2, -0.15) is 0 Å². The van der Waals surface area contributed by atoms with E-state index in [-0.39, 0.29) is 5.91 Å². The van der Waals surface area contributed by atoms with Crippen LogP contribution in [0.3, 0.4) is 0 Å². The zero-order valence-corrected chi connectivity index (χ0v) is 4.93. The molecule has 0 aromatic rings. The molecule has 0 aromatic heterocycles. The molecule has 1 unspecified atom stereocenters. The molecule has 0 spiro atoms. The number of hydrogen-bond acceptors (Lipinski definition) is 3. The Morgan fingerprint density at radius 3 is 2.38 bits per heavy atom. The predicted molar refractivity (Wildman–Crippen MR) is 28.6 cm³/mol. The summed E-state index contributed by atoms with van der Waals surface area (Å²) in [4.78, 5) is 10.1. The van der Waals surface area contributed by atoms with Gasteiger partial charge < -0.3 is 5.11 Å². The summed E-state index contributed by atoms with van der Waals surface area (Å²) in [5, 5.41) is 8.48. The number of hydrogen-bond donors (Lipinski definition) is 3. The van der Waals surface area contributed by atoms with Gasteiger partial charge in [-0.15, -0.1) is 0 Å². The highest BCUT2D eigenvalue weighted by Gasteiger charge is 1.91. The Kier molecular flexibility index (Phi) is 3.14. The van der Waals surface area contributed by atoms with Crippen LogP contribution in [0.2, 0.25) is 0 Å². The van der Waals surface area contributed by atoms with Gasteiger partial charge in [0.1, 0.15) is 6.23 Å². The van der Waals surface area contributed by atoms with E-state index in [2.05, 4.69) is 10.9 Å². The van der Waals surface area contributed by atoms with E-state index in [9.17, 15) is 4.79 Å². The first-order valence-electron chi connectivity index (χ1n) is 2.33. The van der Waals surface area contributed by atoms with Gasteiger partial charge in [0.05, 0.1) is 0 Å². The lowest BCUT2D eigenvalue weighted by Crippen LogP contribution is -2.41. The highest BCUT2D eigenvalue weighted by Crippen LogP contribution is 1.63. The van der Waals surface area contributed by atoms with E-state index >= 15 is 0 Å². The minimum absolute atomic E-state index is 0.217. The van der Waals surface area contributed by atoms with Gasteiger partial charge in [-0.3, -0.25) is 10.2 Å². The summed E-state index contributed by atoms with van der Waals surface area (Å²) in [5.41, 5.74) is 4.51. The Labute approximate surface area is 47.9 Å². The van der Waals surface area contributed by atoms with Crippen LogP contribution in [0, 0.1) is 0 Å².